The molecule has 1 N–H and O–H groups in total. The SMILES string of the molecule is Cc1ccccc1NC(=O)CSc1ncnc2c1oc1nc3c(cc12)CCCC3. The summed E-state index contributed by atoms with van der Waals surface area (Å²) < 4.78 is 6.03. The molecule has 0 saturated heterocycles. The number of nitrogens with zero attached hydrogens (tertiary/aromatic N) is 3. The number of furan rings is 1. The number of anilines is 1. The van der Waals surface area contributed by atoms with Gasteiger partial charge in [-0.25, -0.2) is 15.0 Å². The summed E-state index contributed by atoms with van der Waals surface area (Å²) in [5.74, 6) is 0.155. The van der Waals surface area contributed by atoms with Gasteiger partial charge in [0.2, 0.25) is 11.6 Å². The lowest BCUT2D eigenvalue weighted by molar-refractivity contribution is -0.113. The predicted octanol–water partition coefficient (Wildman–Crippen LogP) is 4.69. The van der Waals surface area contributed by atoms with E-state index in [0.717, 1.165) is 40.7 Å². The van der Waals surface area contributed by atoms with Crippen molar-refractivity contribution in [1.82, 2.24) is 15.0 Å². The van der Waals surface area contributed by atoms with Gasteiger partial charge in [-0.2, -0.15) is 0 Å². The fourth-order valence-electron chi connectivity index (χ4n) is 3.74. The van der Waals surface area contributed by atoms with Gasteiger partial charge in [0, 0.05) is 11.4 Å². The van der Waals surface area contributed by atoms with Crippen LogP contribution >= 0.6 is 11.8 Å². The second-order valence-corrected chi connectivity index (χ2v) is 8.23. The van der Waals surface area contributed by atoms with Crippen molar-refractivity contribution in [1.29, 1.82) is 0 Å². The number of nitrogens with one attached hydrogen (secondary N) is 1. The van der Waals surface area contributed by atoms with Crippen LogP contribution in [0.4, 0.5) is 5.69 Å². The van der Waals surface area contributed by atoms with Crippen molar-refractivity contribution in [2.24, 2.45) is 0 Å². The third-order valence-corrected chi connectivity index (χ3v) is 6.22. The quantitative estimate of drug-likeness (QED) is 0.393. The second-order valence-electron chi connectivity index (χ2n) is 7.26. The molecular formula is C22H20N4O2S. The molecule has 0 radical (unpaired) electrons. The van der Waals surface area contributed by atoms with Gasteiger partial charge in [-0.15, -0.1) is 0 Å². The fraction of sp³-hybridized carbons (Fsp3) is 0.273. The van der Waals surface area contributed by atoms with Gasteiger partial charge in [0.15, 0.2) is 5.58 Å². The zero-order chi connectivity index (χ0) is 19.8. The Hall–Kier alpha value is -2.93. The number of fused-ring (bicyclic) bond motifs is 4. The number of amides is 1. The van der Waals surface area contributed by atoms with Gasteiger partial charge < -0.3 is 9.73 Å². The lowest BCUT2D eigenvalue weighted by atomic mass is 9.95. The number of carbonyl (C=O) groups excluding carboxylic acids is 1. The van der Waals surface area contributed by atoms with Crippen LogP contribution in [0.25, 0.3) is 22.2 Å². The number of thioether (sulfide) groups is 1. The van der Waals surface area contributed by atoms with Gasteiger partial charge in [0.05, 0.1) is 11.1 Å². The highest BCUT2D eigenvalue weighted by molar-refractivity contribution is 8.00. The van der Waals surface area contributed by atoms with Gasteiger partial charge in [-0.05, 0) is 55.9 Å². The van der Waals surface area contributed by atoms with Crippen molar-refractivity contribution in [3.05, 3.63) is 53.5 Å². The van der Waals surface area contributed by atoms with E-state index in [9.17, 15) is 4.79 Å². The van der Waals surface area contributed by atoms with Crippen LogP contribution in [0.3, 0.4) is 0 Å². The molecular weight excluding hydrogens is 384 g/mol. The number of benzene rings is 1. The van der Waals surface area contributed by atoms with E-state index in [1.54, 1.807) is 0 Å². The number of carbonyl (C=O) groups is 1. The lowest BCUT2D eigenvalue weighted by Crippen LogP contribution is -2.14. The van der Waals surface area contributed by atoms with Gasteiger partial charge in [-0.1, -0.05) is 30.0 Å². The minimum Gasteiger partial charge on any atom is -0.433 e. The molecule has 5 rings (SSSR count). The van der Waals surface area contributed by atoms with Crippen LogP contribution in [-0.4, -0.2) is 26.6 Å². The first-order valence-electron chi connectivity index (χ1n) is 9.73. The van der Waals surface area contributed by atoms with Crippen LogP contribution in [0, 0.1) is 6.92 Å². The van der Waals surface area contributed by atoms with Gasteiger partial charge >= 0.3 is 0 Å². The molecule has 1 aliphatic carbocycles. The zero-order valence-electron chi connectivity index (χ0n) is 16.1. The highest BCUT2D eigenvalue weighted by Crippen LogP contribution is 2.34. The molecule has 1 aromatic carbocycles. The molecule has 0 unspecified atom stereocenters. The average Bonchev–Trinajstić information content (AvgIpc) is 3.10. The largest absolute Gasteiger partial charge is 0.433 e. The molecule has 1 amide bonds. The fourth-order valence-corrected chi connectivity index (χ4v) is 4.47. The number of pyridine rings is 1. The van der Waals surface area contributed by atoms with Crippen LogP contribution in [0.15, 0.2) is 46.1 Å². The Kier molecular flexibility index (Phi) is 4.67. The van der Waals surface area contributed by atoms with E-state index < -0.39 is 0 Å². The highest BCUT2D eigenvalue weighted by atomic mass is 32.2. The van der Waals surface area contributed by atoms with E-state index in [1.807, 2.05) is 31.2 Å². The van der Waals surface area contributed by atoms with Crippen molar-refractivity contribution in [2.75, 3.05) is 11.1 Å². The molecule has 4 aromatic rings. The lowest BCUT2D eigenvalue weighted by Gasteiger charge is -2.13. The summed E-state index contributed by atoms with van der Waals surface area (Å²) in [7, 11) is 0. The minimum absolute atomic E-state index is 0.0826. The van der Waals surface area contributed by atoms with E-state index in [1.165, 1.54) is 36.5 Å². The van der Waals surface area contributed by atoms with E-state index in [4.69, 9.17) is 9.40 Å². The Labute approximate surface area is 172 Å². The van der Waals surface area contributed by atoms with E-state index >= 15 is 0 Å². The first-order chi connectivity index (χ1) is 14.2. The Morgan fingerprint density at radius 2 is 2.07 bits per heavy atom. The Morgan fingerprint density at radius 3 is 2.97 bits per heavy atom. The number of hydrogen-bond donors (Lipinski definition) is 1. The predicted molar refractivity (Wildman–Crippen MR) is 114 cm³/mol. The Morgan fingerprint density at radius 1 is 1.21 bits per heavy atom. The van der Waals surface area contributed by atoms with Crippen molar-refractivity contribution >= 4 is 45.6 Å². The Balaban J connectivity index is 1.41. The molecule has 0 fully saturated rings. The number of aryl methyl sites for hydroxylation is 3. The second kappa shape index (κ2) is 7.48. The van der Waals surface area contributed by atoms with E-state index in [-0.39, 0.29) is 11.7 Å². The van der Waals surface area contributed by atoms with Gasteiger partial charge in [0.25, 0.3) is 0 Å². The zero-order valence-corrected chi connectivity index (χ0v) is 16.9. The monoisotopic (exact) mass is 404 g/mol. The summed E-state index contributed by atoms with van der Waals surface area (Å²) in [6, 6.07) is 9.88. The standard InChI is InChI=1S/C22H20N4O2S/c1-13-6-2-4-8-16(13)25-18(27)11-29-22-20-19(23-12-24-22)15-10-14-7-3-5-9-17(14)26-21(15)28-20/h2,4,6,8,10,12H,3,5,7,9,11H2,1H3,(H,25,27). The summed E-state index contributed by atoms with van der Waals surface area (Å²) >= 11 is 1.35. The molecule has 1 aliphatic rings. The van der Waals surface area contributed by atoms with Crippen molar-refractivity contribution in [2.45, 2.75) is 37.6 Å². The normalized spacial score (nSPS) is 13.6. The molecule has 0 bridgehead atoms. The van der Waals surface area contributed by atoms with Crippen LogP contribution < -0.4 is 5.32 Å². The Bertz CT molecular complexity index is 1230. The minimum atomic E-state index is -0.0826. The average molecular weight is 404 g/mol. The van der Waals surface area contributed by atoms with Crippen LogP contribution in [0.2, 0.25) is 0 Å². The molecule has 0 atom stereocenters. The first-order valence-corrected chi connectivity index (χ1v) is 10.7. The molecule has 29 heavy (non-hydrogen) atoms. The molecule has 3 aromatic heterocycles. The number of rotatable bonds is 4. The molecule has 3 heterocycles. The molecule has 146 valence electrons. The smallest absolute Gasteiger partial charge is 0.234 e. The maximum Gasteiger partial charge on any atom is 0.234 e. The number of para-hydroxylation sites is 1. The van der Waals surface area contributed by atoms with Crippen LogP contribution in [-0.2, 0) is 17.6 Å². The van der Waals surface area contributed by atoms with Crippen molar-refractivity contribution in [3.63, 3.8) is 0 Å². The van der Waals surface area contributed by atoms with Gasteiger partial charge in [0.1, 0.15) is 16.9 Å². The first kappa shape index (κ1) is 18.1. The summed E-state index contributed by atoms with van der Waals surface area (Å²) in [5, 5.41) is 4.53. The molecule has 0 saturated carbocycles. The van der Waals surface area contributed by atoms with Crippen LogP contribution in [0.1, 0.15) is 29.7 Å². The maximum atomic E-state index is 12.4. The molecule has 7 heteroatoms. The third kappa shape index (κ3) is 3.46. The van der Waals surface area contributed by atoms with Gasteiger partial charge in [-0.3, -0.25) is 4.79 Å². The topological polar surface area (TPSA) is 80.9 Å². The van der Waals surface area contributed by atoms with Crippen molar-refractivity contribution < 1.29 is 9.21 Å². The molecule has 0 aliphatic heterocycles. The maximum absolute atomic E-state index is 12.4. The summed E-state index contributed by atoms with van der Waals surface area (Å²) in [6.07, 6.45) is 5.94. The number of aromatic nitrogens is 3. The highest BCUT2D eigenvalue weighted by Gasteiger charge is 2.19. The summed E-state index contributed by atoms with van der Waals surface area (Å²) in [5.41, 5.74) is 6.24. The summed E-state index contributed by atoms with van der Waals surface area (Å²) in [6.45, 7) is 1.97. The molecule has 6 nitrogen and oxygen atoms in total. The van der Waals surface area contributed by atoms with E-state index in [0.29, 0.717) is 16.3 Å². The van der Waals surface area contributed by atoms with Crippen LogP contribution in [0.5, 0.6) is 0 Å². The third-order valence-electron chi connectivity index (χ3n) is 5.25. The molecule has 0 spiro atoms. The van der Waals surface area contributed by atoms with E-state index in [2.05, 4.69) is 21.4 Å². The number of hydrogen-bond acceptors (Lipinski definition) is 6. The summed E-state index contributed by atoms with van der Waals surface area (Å²) in [4.78, 5) is 25.9. The van der Waals surface area contributed by atoms with Crippen molar-refractivity contribution in [3.8, 4) is 0 Å².